The summed E-state index contributed by atoms with van der Waals surface area (Å²) in [6.45, 7) is 3.47. The molecule has 2 heterocycles. The smallest absolute Gasteiger partial charge is 0.225 e. The minimum absolute atomic E-state index is 0.0560. The number of nitrogens with one attached hydrogen (secondary N) is 2. The van der Waals surface area contributed by atoms with Crippen LogP contribution in [0, 0.1) is 5.92 Å². The van der Waals surface area contributed by atoms with Crippen LogP contribution in [0.25, 0.3) is 0 Å². The van der Waals surface area contributed by atoms with Gasteiger partial charge in [0.2, 0.25) is 5.91 Å². The van der Waals surface area contributed by atoms with E-state index in [0.717, 1.165) is 19.5 Å². The molecule has 1 aromatic rings. The molecule has 20 heavy (non-hydrogen) atoms. The van der Waals surface area contributed by atoms with Crippen molar-refractivity contribution >= 4 is 11.7 Å². The molecule has 0 bridgehead atoms. The van der Waals surface area contributed by atoms with E-state index in [1.165, 1.54) is 12.8 Å². The van der Waals surface area contributed by atoms with Crippen molar-refractivity contribution in [2.45, 2.75) is 32.2 Å². The van der Waals surface area contributed by atoms with E-state index in [2.05, 4.69) is 15.7 Å². The second-order valence-corrected chi connectivity index (χ2v) is 5.24. The first-order valence-corrected chi connectivity index (χ1v) is 7.31. The normalized spacial score (nSPS) is 16.2. The summed E-state index contributed by atoms with van der Waals surface area (Å²) in [6.07, 6.45) is 5.76. The Labute approximate surface area is 119 Å². The first-order chi connectivity index (χ1) is 9.78. The summed E-state index contributed by atoms with van der Waals surface area (Å²) in [5, 5.41) is 10.5. The van der Waals surface area contributed by atoms with Crippen molar-refractivity contribution < 1.29 is 9.53 Å². The highest BCUT2D eigenvalue weighted by Gasteiger charge is 2.14. The van der Waals surface area contributed by atoms with Crippen molar-refractivity contribution in [1.82, 2.24) is 15.1 Å². The maximum Gasteiger partial charge on any atom is 0.225 e. The average molecular weight is 280 g/mol. The topological polar surface area (TPSA) is 68.2 Å². The Balaban J connectivity index is 1.69. The molecule has 6 nitrogen and oxygen atoms in total. The van der Waals surface area contributed by atoms with Gasteiger partial charge in [0.05, 0.1) is 13.2 Å². The number of rotatable bonds is 7. The Kier molecular flexibility index (Phi) is 6.01. The number of methoxy groups -OCH3 is 1. The molecule has 1 saturated heterocycles. The summed E-state index contributed by atoms with van der Waals surface area (Å²) >= 11 is 0. The van der Waals surface area contributed by atoms with Gasteiger partial charge in [0.15, 0.2) is 5.82 Å². The molecule has 2 rings (SSSR count). The molecule has 0 radical (unpaired) electrons. The van der Waals surface area contributed by atoms with Gasteiger partial charge in [-0.25, -0.2) is 0 Å². The number of carbonyl (C=O) groups is 1. The highest BCUT2D eigenvalue weighted by atomic mass is 16.5. The van der Waals surface area contributed by atoms with Crippen molar-refractivity contribution in [2.75, 3.05) is 32.1 Å². The summed E-state index contributed by atoms with van der Waals surface area (Å²) < 4.78 is 6.76. The molecule has 1 amide bonds. The second-order valence-electron chi connectivity index (χ2n) is 5.24. The van der Waals surface area contributed by atoms with Gasteiger partial charge in [0, 0.05) is 25.8 Å². The van der Waals surface area contributed by atoms with Gasteiger partial charge in [-0.3, -0.25) is 9.48 Å². The molecule has 1 aliphatic heterocycles. The lowest BCUT2D eigenvalue weighted by atomic mass is 9.93. The van der Waals surface area contributed by atoms with Gasteiger partial charge < -0.3 is 15.4 Å². The molecule has 0 saturated carbocycles. The molecule has 0 aliphatic carbocycles. The van der Waals surface area contributed by atoms with E-state index < -0.39 is 0 Å². The monoisotopic (exact) mass is 280 g/mol. The largest absolute Gasteiger partial charge is 0.383 e. The van der Waals surface area contributed by atoms with E-state index in [1.807, 2.05) is 12.3 Å². The van der Waals surface area contributed by atoms with E-state index in [9.17, 15) is 4.79 Å². The second kappa shape index (κ2) is 8.01. The molecule has 112 valence electrons. The average Bonchev–Trinajstić information content (AvgIpc) is 2.91. The summed E-state index contributed by atoms with van der Waals surface area (Å²) in [5.41, 5.74) is 0. The number of carbonyl (C=O) groups excluding carboxylic acids is 1. The van der Waals surface area contributed by atoms with Gasteiger partial charge in [-0.15, -0.1) is 0 Å². The van der Waals surface area contributed by atoms with Gasteiger partial charge in [-0.1, -0.05) is 0 Å². The zero-order chi connectivity index (χ0) is 14.2. The molecular weight excluding hydrogens is 256 g/mol. The molecule has 6 heteroatoms. The van der Waals surface area contributed by atoms with Crippen LogP contribution in [-0.4, -0.2) is 42.5 Å². The summed E-state index contributed by atoms with van der Waals surface area (Å²) in [6, 6.07) is 1.82. The highest BCUT2D eigenvalue weighted by Crippen LogP contribution is 2.18. The molecule has 1 fully saturated rings. The van der Waals surface area contributed by atoms with Crippen molar-refractivity contribution in [1.29, 1.82) is 0 Å². The predicted molar refractivity (Wildman–Crippen MR) is 77.6 cm³/mol. The summed E-state index contributed by atoms with van der Waals surface area (Å²) in [7, 11) is 1.66. The molecule has 0 spiro atoms. The molecular formula is C14H24N4O2. The van der Waals surface area contributed by atoms with Crippen LogP contribution < -0.4 is 10.6 Å². The quantitative estimate of drug-likeness (QED) is 0.788. The van der Waals surface area contributed by atoms with E-state index in [4.69, 9.17) is 4.74 Å². The third kappa shape index (κ3) is 4.94. The highest BCUT2D eigenvalue weighted by molar-refractivity contribution is 5.89. The predicted octanol–water partition coefficient (Wildman–Crippen LogP) is 1.25. The lowest BCUT2D eigenvalue weighted by molar-refractivity contribution is -0.116. The van der Waals surface area contributed by atoms with Crippen molar-refractivity contribution in [3.8, 4) is 0 Å². The first kappa shape index (κ1) is 15.0. The number of nitrogens with zero attached hydrogens (tertiary/aromatic N) is 2. The van der Waals surface area contributed by atoms with Gasteiger partial charge in [-0.2, -0.15) is 5.10 Å². The molecule has 2 N–H and O–H groups in total. The summed E-state index contributed by atoms with van der Waals surface area (Å²) in [4.78, 5) is 11.9. The third-order valence-corrected chi connectivity index (χ3v) is 3.67. The Morgan fingerprint density at radius 1 is 1.55 bits per heavy atom. The number of hydrogen-bond donors (Lipinski definition) is 2. The maximum absolute atomic E-state index is 11.9. The number of anilines is 1. The lowest BCUT2D eigenvalue weighted by Crippen LogP contribution is -2.28. The number of amides is 1. The van der Waals surface area contributed by atoms with Crippen LogP contribution in [0.4, 0.5) is 5.82 Å². The SMILES string of the molecule is COCCn1ccc(NC(=O)CCC2CCNCC2)n1. The van der Waals surface area contributed by atoms with Gasteiger partial charge in [0.25, 0.3) is 0 Å². The molecule has 1 aliphatic rings. The van der Waals surface area contributed by atoms with Crippen LogP contribution in [0.1, 0.15) is 25.7 Å². The summed E-state index contributed by atoms with van der Waals surface area (Å²) in [5.74, 6) is 1.36. The molecule has 1 aromatic heterocycles. The Bertz CT molecular complexity index is 413. The van der Waals surface area contributed by atoms with Gasteiger partial charge >= 0.3 is 0 Å². The maximum atomic E-state index is 11.9. The Morgan fingerprint density at radius 2 is 2.35 bits per heavy atom. The van der Waals surface area contributed by atoms with Crippen molar-refractivity contribution in [3.05, 3.63) is 12.3 Å². The van der Waals surface area contributed by atoms with E-state index >= 15 is 0 Å². The lowest BCUT2D eigenvalue weighted by Gasteiger charge is -2.21. The number of ether oxygens (including phenoxy) is 1. The fourth-order valence-electron chi connectivity index (χ4n) is 2.45. The van der Waals surface area contributed by atoms with E-state index in [0.29, 0.717) is 31.3 Å². The van der Waals surface area contributed by atoms with Crippen LogP contribution >= 0.6 is 0 Å². The first-order valence-electron chi connectivity index (χ1n) is 7.31. The van der Waals surface area contributed by atoms with Crippen LogP contribution in [-0.2, 0) is 16.1 Å². The fourth-order valence-corrected chi connectivity index (χ4v) is 2.45. The minimum Gasteiger partial charge on any atom is -0.383 e. The van der Waals surface area contributed by atoms with Crippen molar-refractivity contribution in [3.63, 3.8) is 0 Å². The minimum atomic E-state index is 0.0560. The van der Waals surface area contributed by atoms with E-state index in [1.54, 1.807) is 11.8 Å². The van der Waals surface area contributed by atoms with Crippen LogP contribution in [0.5, 0.6) is 0 Å². The molecule has 0 atom stereocenters. The Hall–Kier alpha value is -1.40. The van der Waals surface area contributed by atoms with Crippen LogP contribution in [0.2, 0.25) is 0 Å². The zero-order valence-electron chi connectivity index (χ0n) is 12.1. The van der Waals surface area contributed by atoms with Gasteiger partial charge in [-0.05, 0) is 38.3 Å². The van der Waals surface area contributed by atoms with E-state index in [-0.39, 0.29) is 5.91 Å². The molecule has 0 unspecified atom stereocenters. The molecule has 0 aromatic carbocycles. The zero-order valence-corrected chi connectivity index (χ0v) is 12.1. The van der Waals surface area contributed by atoms with Crippen molar-refractivity contribution in [2.24, 2.45) is 5.92 Å². The third-order valence-electron chi connectivity index (χ3n) is 3.67. The fraction of sp³-hybridized carbons (Fsp3) is 0.714. The number of aromatic nitrogens is 2. The van der Waals surface area contributed by atoms with Gasteiger partial charge in [0.1, 0.15) is 0 Å². The Morgan fingerprint density at radius 3 is 3.10 bits per heavy atom. The number of piperidine rings is 1. The standard InChI is InChI=1S/C14H24N4O2/c1-20-11-10-18-9-6-13(17-18)16-14(19)3-2-12-4-7-15-8-5-12/h6,9,12,15H,2-5,7-8,10-11H2,1H3,(H,16,17,19). The van der Waals surface area contributed by atoms with Crippen LogP contribution in [0.3, 0.4) is 0 Å². The number of hydrogen-bond acceptors (Lipinski definition) is 4. The van der Waals surface area contributed by atoms with Crippen LogP contribution in [0.15, 0.2) is 12.3 Å².